The second kappa shape index (κ2) is 12.5. The summed E-state index contributed by atoms with van der Waals surface area (Å²) < 4.78 is 22.2. The monoisotopic (exact) mass is 568 g/mol. The van der Waals surface area contributed by atoms with E-state index in [9.17, 15) is 35.4 Å². The molecule has 2 heterocycles. The van der Waals surface area contributed by atoms with Gasteiger partial charge in [-0.1, -0.05) is 35.9 Å². The zero-order valence-corrected chi connectivity index (χ0v) is 22.1. The molecule has 0 aromatic heterocycles. The Balaban J connectivity index is 1.54. The number of carboxylic acids is 1. The first-order valence-corrected chi connectivity index (χ1v) is 13.0. The zero-order valence-electron chi connectivity index (χ0n) is 21.3. The van der Waals surface area contributed by atoms with Gasteiger partial charge in [0.15, 0.2) is 12.4 Å². The highest BCUT2D eigenvalue weighted by atomic mass is 35.5. The lowest BCUT2D eigenvalue weighted by atomic mass is 9.90. The van der Waals surface area contributed by atoms with E-state index in [0.29, 0.717) is 23.6 Å². The molecule has 0 bridgehead atoms. The van der Waals surface area contributed by atoms with E-state index >= 15 is 0 Å². The molecule has 39 heavy (non-hydrogen) atoms. The van der Waals surface area contributed by atoms with Crippen molar-refractivity contribution in [3.63, 3.8) is 0 Å². The van der Waals surface area contributed by atoms with Crippen molar-refractivity contribution in [3.8, 4) is 5.75 Å². The quantitative estimate of drug-likeness (QED) is 0.265. The van der Waals surface area contributed by atoms with Crippen LogP contribution in [0.4, 0.5) is 0 Å². The van der Waals surface area contributed by atoms with Gasteiger partial charge in [0.2, 0.25) is 0 Å². The Bertz CT molecular complexity index is 1130. The number of ether oxygens (including phenoxy) is 4. The van der Waals surface area contributed by atoms with Gasteiger partial charge in [-0.15, -0.1) is 0 Å². The van der Waals surface area contributed by atoms with Crippen molar-refractivity contribution in [2.45, 2.75) is 81.5 Å². The smallest absolute Gasteiger partial charge is 0.335 e. The Morgan fingerprint density at radius 2 is 1.62 bits per heavy atom. The summed E-state index contributed by atoms with van der Waals surface area (Å²) in [6.45, 7) is 4.03. The number of hydrogen-bond donors (Lipinski definition) is 6. The number of hydrogen-bond acceptors (Lipinski definition) is 10. The van der Waals surface area contributed by atoms with E-state index < -0.39 is 67.2 Å². The summed E-state index contributed by atoms with van der Waals surface area (Å²) >= 11 is 6.46. The van der Waals surface area contributed by atoms with Gasteiger partial charge in [0.05, 0.1) is 12.7 Å². The van der Waals surface area contributed by atoms with Crippen LogP contribution in [0.2, 0.25) is 5.02 Å². The van der Waals surface area contributed by atoms with E-state index in [4.69, 9.17) is 30.5 Å². The van der Waals surface area contributed by atoms with Crippen LogP contribution in [0.15, 0.2) is 42.5 Å². The molecule has 2 aliphatic heterocycles. The lowest BCUT2D eigenvalue weighted by molar-refractivity contribution is -0.335. The topological polar surface area (TPSA) is 175 Å². The fourth-order valence-corrected chi connectivity index (χ4v) is 4.97. The van der Waals surface area contributed by atoms with Crippen molar-refractivity contribution in [2.24, 2.45) is 0 Å². The molecule has 214 valence electrons. The van der Waals surface area contributed by atoms with Crippen LogP contribution in [0, 0.1) is 0 Å². The van der Waals surface area contributed by atoms with E-state index in [1.165, 1.54) is 0 Å². The third-order valence-electron chi connectivity index (χ3n) is 6.96. The molecule has 2 aromatic rings. The normalized spacial score (nSPS) is 35.0. The van der Waals surface area contributed by atoms with Crippen LogP contribution in [0.1, 0.15) is 36.6 Å². The summed E-state index contributed by atoms with van der Waals surface area (Å²) in [5.41, 5.74) is 2.28. The third-order valence-corrected chi connectivity index (χ3v) is 7.33. The number of carboxylic acid groups (broad SMARTS) is 1. The molecule has 0 amide bonds. The SMILES string of the molecule is CCOc1ccc(Cc2cc(C3OC(C)C(O)C(OC4OC(C(=O)O)C(O)C(O)C4O)C3O)ccc2Cl)cc1. The third kappa shape index (κ3) is 6.37. The molecule has 10 unspecified atom stereocenters. The summed E-state index contributed by atoms with van der Waals surface area (Å²) in [4.78, 5) is 11.4. The molecule has 11 nitrogen and oxygen atoms in total. The van der Waals surface area contributed by atoms with Crippen molar-refractivity contribution >= 4 is 17.6 Å². The van der Waals surface area contributed by atoms with E-state index in [-0.39, 0.29) is 0 Å². The zero-order chi connectivity index (χ0) is 28.4. The standard InChI is InChI=1S/C27H33ClO11/c1-3-36-16-7-4-13(5-8-16)10-15-11-14(6-9-17(15)28)23-22(33)24(18(29)12(2)37-23)38-27-21(32)19(30)20(31)25(39-27)26(34)35/h4-9,11-12,18-25,27,29-33H,3,10H2,1-2H3,(H,34,35). The second-order valence-corrected chi connectivity index (χ2v) is 10.1. The van der Waals surface area contributed by atoms with Gasteiger partial charge in [0.25, 0.3) is 0 Å². The highest BCUT2D eigenvalue weighted by molar-refractivity contribution is 6.31. The molecule has 2 aliphatic rings. The van der Waals surface area contributed by atoms with Crippen LogP contribution in [-0.4, -0.2) is 98.3 Å². The van der Waals surface area contributed by atoms with Crippen molar-refractivity contribution in [1.82, 2.24) is 0 Å². The number of benzene rings is 2. The molecule has 2 aromatic carbocycles. The molecule has 12 heteroatoms. The highest BCUT2D eigenvalue weighted by Gasteiger charge is 2.51. The van der Waals surface area contributed by atoms with Crippen LogP contribution in [0.25, 0.3) is 0 Å². The highest BCUT2D eigenvalue weighted by Crippen LogP contribution is 2.37. The second-order valence-electron chi connectivity index (χ2n) is 9.68. The van der Waals surface area contributed by atoms with Crippen molar-refractivity contribution in [2.75, 3.05) is 6.61 Å². The molecular formula is C27H33ClO11. The average Bonchev–Trinajstić information content (AvgIpc) is 2.91. The minimum absolute atomic E-state index is 0.485. The fourth-order valence-electron chi connectivity index (χ4n) is 4.79. The molecule has 0 radical (unpaired) electrons. The number of halogens is 1. The predicted octanol–water partition coefficient (Wildman–Crippen LogP) is 0.788. The summed E-state index contributed by atoms with van der Waals surface area (Å²) in [7, 11) is 0. The molecule has 2 saturated heterocycles. The van der Waals surface area contributed by atoms with Crippen LogP contribution in [0.5, 0.6) is 5.75 Å². The number of rotatable bonds is 8. The Hall–Kier alpha value is -2.32. The van der Waals surface area contributed by atoms with Gasteiger partial charge in [-0.2, -0.15) is 0 Å². The predicted molar refractivity (Wildman–Crippen MR) is 136 cm³/mol. The molecule has 0 aliphatic carbocycles. The molecule has 0 spiro atoms. The molecular weight excluding hydrogens is 536 g/mol. The largest absolute Gasteiger partial charge is 0.494 e. The summed E-state index contributed by atoms with van der Waals surface area (Å²) in [6, 6.07) is 12.7. The Labute approximate surface area is 230 Å². The maximum Gasteiger partial charge on any atom is 0.335 e. The lowest BCUT2D eigenvalue weighted by Gasteiger charge is -2.45. The Morgan fingerprint density at radius 1 is 0.923 bits per heavy atom. The molecule has 6 N–H and O–H groups in total. The van der Waals surface area contributed by atoms with E-state index in [1.54, 1.807) is 25.1 Å². The van der Waals surface area contributed by atoms with Gasteiger partial charge < -0.3 is 49.6 Å². The Kier molecular flexibility index (Phi) is 9.48. The molecule has 0 saturated carbocycles. The maximum atomic E-state index is 11.4. The van der Waals surface area contributed by atoms with Gasteiger partial charge in [0, 0.05) is 5.02 Å². The minimum atomic E-state index is -1.91. The molecule has 10 atom stereocenters. The maximum absolute atomic E-state index is 11.4. The van der Waals surface area contributed by atoms with Crippen LogP contribution in [0.3, 0.4) is 0 Å². The first kappa shape index (κ1) is 29.7. The summed E-state index contributed by atoms with van der Waals surface area (Å²) in [5.74, 6) is -0.829. The minimum Gasteiger partial charge on any atom is -0.494 e. The Morgan fingerprint density at radius 3 is 2.26 bits per heavy atom. The van der Waals surface area contributed by atoms with Crippen molar-refractivity contribution in [3.05, 3.63) is 64.2 Å². The number of aliphatic carboxylic acids is 1. The van der Waals surface area contributed by atoms with Gasteiger partial charge in [-0.25, -0.2) is 4.79 Å². The summed E-state index contributed by atoms with van der Waals surface area (Å²) in [6.07, 6.45) is -14.9. The van der Waals surface area contributed by atoms with Gasteiger partial charge in [-0.3, -0.25) is 0 Å². The number of aliphatic hydroxyl groups is 5. The van der Waals surface area contributed by atoms with E-state index in [0.717, 1.165) is 16.9 Å². The van der Waals surface area contributed by atoms with E-state index in [1.807, 2.05) is 31.2 Å². The fraction of sp³-hybridized carbons (Fsp3) is 0.519. The number of carbonyl (C=O) groups is 1. The lowest BCUT2D eigenvalue weighted by Crippen LogP contribution is -2.63. The van der Waals surface area contributed by atoms with Gasteiger partial charge >= 0.3 is 5.97 Å². The van der Waals surface area contributed by atoms with Gasteiger partial charge in [0.1, 0.15) is 48.5 Å². The molecule has 4 rings (SSSR count). The van der Waals surface area contributed by atoms with Crippen molar-refractivity contribution < 1.29 is 54.4 Å². The van der Waals surface area contributed by atoms with E-state index in [2.05, 4.69) is 0 Å². The summed E-state index contributed by atoms with van der Waals surface area (Å²) in [5, 5.41) is 62.1. The average molecular weight is 569 g/mol. The van der Waals surface area contributed by atoms with Crippen LogP contribution in [-0.2, 0) is 25.4 Å². The first-order valence-electron chi connectivity index (χ1n) is 12.6. The van der Waals surface area contributed by atoms with Crippen LogP contribution >= 0.6 is 11.6 Å². The molecule has 2 fully saturated rings. The van der Waals surface area contributed by atoms with Crippen LogP contribution < -0.4 is 4.74 Å². The van der Waals surface area contributed by atoms with Gasteiger partial charge in [-0.05, 0) is 55.2 Å². The first-order chi connectivity index (χ1) is 18.5. The number of aliphatic hydroxyl groups excluding tert-OH is 5. The van der Waals surface area contributed by atoms with Crippen molar-refractivity contribution in [1.29, 1.82) is 0 Å².